The topological polar surface area (TPSA) is 6.48 Å². The summed E-state index contributed by atoms with van der Waals surface area (Å²) < 4.78 is 0. The number of hydrogen-bond acceptors (Lipinski definition) is 2. The number of benzene rings is 7. The Morgan fingerprint density at radius 3 is 1.98 bits per heavy atom. The predicted octanol–water partition coefficient (Wildman–Crippen LogP) is 13.4. The van der Waals surface area contributed by atoms with E-state index in [1.165, 1.54) is 137 Å². The van der Waals surface area contributed by atoms with E-state index in [-0.39, 0.29) is 11.0 Å². The van der Waals surface area contributed by atoms with Gasteiger partial charge in [0.25, 0.3) is 0 Å². The van der Waals surface area contributed by atoms with E-state index in [4.69, 9.17) is 7.85 Å². The highest BCUT2D eigenvalue weighted by molar-refractivity contribution is 6.33. The highest BCUT2D eigenvalue weighted by Crippen LogP contribution is 2.61. The molecule has 2 atom stereocenters. The minimum Gasteiger partial charge on any atom is -0.368 e. The van der Waals surface area contributed by atoms with E-state index in [1.807, 2.05) is 0 Å². The van der Waals surface area contributed by atoms with Crippen molar-refractivity contribution >= 4 is 36.1 Å². The second-order valence-corrected chi connectivity index (χ2v) is 18.4. The Hall–Kier alpha value is -5.80. The van der Waals surface area contributed by atoms with Gasteiger partial charge in [0.05, 0.1) is 11.4 Å². The van der Waals surface area contributed by atoms with E-state index in [2.05, 4.69) is 179 Å². The Bertz CT molecular complexity index is 2890. The van der Waals surface area contributed by atoms with Crippen LogP contribution in [-0.2, 0) is 18.3 Å². The van der Waals surface area contributed by atoms with Crippen molar-refractivity contribution in [3.63, 3.8) is 0 Å². The SMILES string of the molecule is [B]c1cc(-c2cc3c(c(N(c4ccc(C)cc4-c4ccccc4)c4ccc5c(c4C)-c4ccccc4C5)c2C)-c2ccccc2C3)c2c(c1)C1(C)CCCCC1(C)N2C. The third-order valence-corrected chi connectivity index (χ3v) is 15.3. The van der Waals surface area contributed by atoms with E-state index in [0.717, 1.165) is 18.3 Å². The third kappa shape index (κ3) is 5.13. The fraction of sp³-hybridized carbons (Fsp3) is 0.250. The van der Waals surface area contributed by atoms with E-state index >= 15 is 0 Å². The van der Waals surface area contributed by atoms with Crippen LogP contribution in [0, 0.1) is 20.8 Å². The summed E-state index contributed by atoms with van der Waals surface area (Å²) in [4.78, 5) is 5.29. The van der Waals surface area contributed by atoms with Crippen LogP contribution in [0.1, 0.15) is 84.0 Å². The molecule has 0 spiro atoms. The highest BCUT2D eigenvalue weighted by atomic mass is 15.2. The molecule has 2 radical (unpaired) electrons. The predicted molar refractivity (Wildman–Crippen MR) is 251 cm³/mol. The maximum absolute atomic E-state index is 7.03. The minimum atomic E-state index is 0.0240. The molecule has 0 N–H and O–H groups in total. The summed E-state index contributed by atoms with van der Waals surface area (Å²) in [6.07, 6.45) is 6.74. The molecule has 7 aromatic carbocycles. The molecule has 0 amide bonds. The molecule has 1 aliphatic heterocycles. The number of nitrogens with zero attached hydrogens (tertiary/aromatic N) is 2. The monoisotopic (exact) mass is 762 g/mol. The summed E-state index contributed by atoms with van der Waals surface area (Å²) in [6, 6.07) is 48.0. The molecule has 4 aliphatic rings. The average molecular weight is 763 g/mol. The molecule has 288 valence electrons. The lowest BCUT2D eigenvalue weighted by atomic mass is 9.61. The smallest absolute Gasteiger partial charge is 0.113 e. The molecule has 11 rings (SSSR count). The zero-order valence-electron chi connectivity index (χ0n) is 35.3. The number of anilines is 4. The maximum Gasteiger partial charge on any atom is 0.113 e. The standard InChI is InChI=1S/C56H51BN2/c1-34-22-24-50(46(28-34)37-16-8-7-9-17-37)59(49-25-23-40-29-38-18-10-12-20-43(38)51(40)36(49)3)53-35(2)45(31-41-30-39-19-11-13-21-44(39)52(41)53)47-32-42(57)33-48-54(47)58(6)56(5)27-15-14-26-55(48,56)4/h7-13,16-25,28,31-33H,14-15,26-27,29-30H2,1-6H3. The normalized spacial score (nSPS) is 19.5. The number of aryl methyl sites for hydroxylation is 1. The van der Waals surface area contributed by atoms with Gasteiger partial charge in [-0.1, -0.05) is 134 Å². The number of hydrogen-bond donors (Lipinski definition) is 0. The van der Waals surface area contributed by atoms with Crippen molar-refractivity contribution in [3.05, 3.63) is 172 Å². The Balaban J connectivity index is 1.26. The van der Waals surface area contributed by atoms with Gasteiger partial charge < -0.3 is 9.80 Å². The first-order valence-corrected chi connectivity index (χ1v) is 21.7. The lowest BCUT2D eigenvalue weighted by Crippen LogP contribution is -2.55. The van der Waals surface area contributed by atoms with Crippen LogP contribution in [-0.4, -0.2) is 20.4 Å². The molecule has 7 aromatic rings. The van der Waals surface area contributed by atoms with Gasteiger partial charge in [0.1, 0.15) is 7.85 Å². The summed E-state index contributed by atoms with van der Waals surface area (Å²) in [7, 11) is 9.38. The fourth-order valence-corrected chi connectivity index (χ4v) is 12.0. The number of fused-ring (bicyclic) bond motifs is 9. The van der Waals surface area contributed by atoms with Gasteiger partial charge in [0, 0.05) is 46.1 Å². The molecule has 59 heavy (non-hydrogen) atoms. The van der Waals surface area contributed by atoms with Crippen LogP contribution in [0.5, 0.6) is 0 Å². The van der Waals surface area contributed by atoms with Gasteiger partial charge in [0.15, 0.2) is 0 Å². The lowest BCUT2D eigenvalue weighted by molar-refractivity contribution is 0.190. The first-order chi connectivity index (χ1) is 28.6. The quantitative estimate of drug-likeness (QED) is 0.161. The molecule has 3 aliphatic carbocycles. The van der Waals surface area contributed by atoms with E-state index in [9.17, 15) is 0 Å². The second kappa shape index (κ2) is 13.1. The van der Waals surface area contributed by atoms with Crippen LogP contribution < -0.4 is 15.3 Å². The summed E-state index contributed by atoms with van der Waals surface area (Å²) in [5.41, 5.74) is 27.1. The molecule has 3 heteroatoms. The Morgan fingerprint density at radius 2 is 1.22 bits per heavy atom. The largest absolute Gasteiger partial charge is 0.368 e. The van der Waals surface area contributed by atoms with Gasteiger partial charge in [-0.15, -0.1) is 0 Å². The van der Waals surface area contributed by atoms with Gasteiger partial charge in [-0.3, -0.25) is 0 Å². The van der Waals surface area contributed by atoms with Crippen LogP contribution in [0.3, 0.4) is 0 Å². The molecular formula is C56H51BN2. The summed E-state index contributed by atoms with van der Waals surface area (Å²) in [5.74, 6) is 0. The Morgan fingerprint density at radius 1 is 0.559 bits per heavy atom. The van der Waals surface area contributed by atoms with Crippen molar-refractivity contribution in [2.75, 3.05) is 16.8 Å². The summed E-state index contributed by atoms with van der Waals surface area (Å²) in [6.45, 7) is 12.0. The molecule has 1 heterocycles. The summed E-state index contributed by atoms with van der Waals surface area (Å²) in [5, 5.41) is 0. The molecule has 2 unspecified atom stereocenters. The van der Waals surface area contributed by atoms with Crippen molar-refractivity contribution in [3.8, 4) is 44.5 Å². The van der Waals surface area contributed by atoms with Crippen molar-refractivity contribution in [1.82, 2.24) is 0 Å². The second-order valence-electron chi connectivity index (χ2n) is 18.4. The van der Waals surface area contributed by atoms with E-state index in [0.29, 0.717) is 0 Å². The molecule has 2 nitrogen and oxygen atoms in total. The molecule has 0 saturated heterocycles. The van der Waals surface area contributed by atoms with Crippen LogP contribution in [0.25, 0.3) is 44.5 Å². The van der Waals surface area contributed by atoms with Crippen LogP contribution in [0.15, 0.2) is 127 Å². The van der Waals surface area contributed by atoms with Crippen molar-refractivity contribution < 1.29 is 0 Å². The zero-order chi connectivity index (χ0) is 40.4. The first kappa shape index (κ1) is 36.3. The fourth-order valence-electron chi connectivity index (χ4n) is 12.0. The molecule has 1 saturated carbocycles. The van der Waals surface area contributed by atoms with E-state index in [1.54, 1.807) is 0 Å². The van der Waals surface area contributed by atoms with E-state index < -0.39 is 0 Å². The summed E-state index contributed by atoms with van der Waals surface area (Å²) >= 11 is 0. The van der Waals surface area contributed by atoms with Gasteiger partial charge in [0.2, 0.25) is 0 Å². The Kier molecular flexibility index (Phi) is 8.06. The first-order valence-electron chi connectivity index (χ1n) is 21.7. The molecule has 0 bridgehead atoms. The highest BCUT2D eigenvalue weighted by Gasteiger charge is 2.56. The van der Waals surface area contributed by atoms with Gasteiger partial charge in [-0.25, -0.2) is 0 Å². The molecule has 1 fully saturated rings. The van der Waals surface area contributed by atoms with Gasteiger partial charge in [-0.05, 0) is 144 Å². The zero-order valence-corrected chi connectivity index (χ0v) is 35.3. The maximum atomic E-state index is 7.03. The molecular weight excluding hydrogens is 711 g/mol. The minimum absolute atomic E-state index is 0.0240. The Labute approximate surface area is 352 Å². The van der Waals surface area contributed by atoms with Gasteiger partial charge in [-0.2, -0.15) is 0 Å². The average Bonchev–Trinajstić information content (AvgIpc) is 3.87. The van der Waals surface area contributed by atoms with Gasteiger partial charge >= 0.3 is 0 Å². The lowest BCUT2D eigenvalue weighted by Gasteiger charge is -2.49. The van der Waals surface area contributed by atoms with Crippen molar-refractivity contribution in [2.24, 2.45) is 0 Å². The third-order valence-electron chi connectivity index (χ3n) is 15.3. The van der Waals surface area contributed by atoms with Crippen LogP contribution in [0.2, 0.25) is 0 Å². The van der Waals surface area contributed by atoms with Crippen molar-refractivity contribution in [1.29, 1.82) is 0 Å². The molecule has 0 aromatic heterocycles. The van der Waals surface area contributed by atoms with Crippen molar-refractivity contribution in [2.45, 2.75) is 84.1 Å². The van der Waals surface area contributed by atoms with Crippen LogP contribution >= 0.6 is 0 Å². The van der Waals surface area contributed by atoms with Crippen LogP contribution in [0.4, 0.5) is 22.7 Å². The number of rotatable bonds is 5. The number of likely N-dealkylation sites (N-methyl/N-ethyl adjacent to an activating group) is 1.